The molecule has 28 heavy (non-hydrogen) atoms. The molecule has 0 aliphatic carbocycles. The first kappa shape index (κ1) is 18.0. The van der Waals surface area contributed by atoms with Crippen LogP contribution < -0.4 is 0 Å². The summed E-state index contributed by atoms with van der Waals surface area (Å²) in [6.45, 7) is -0.900. The first-order chi connectivity index (χ1) is 13.5. The van der Waals surface area contributed by atoms with Crippen LogP contribution in [-0.2, 0) is 9.68 Å². The average molecular weight is 382 g/mol. The van der Waals surface area contributed by atoms with E-state index in [1.165, 1.54) is 24.3 Å². The number of rotatable bonds is 6. The van der Waals surface area contributed by atoms with Gasteiger partial charge < -0.3 is 5.11 Å². The Morgan fingerprint density at radius 3 is 1.21 bits per heavy atom. The van der Waals surface area contributed by atoms with E-state index < -0.39 is 42.9 Å². The van der Waals surface area contributed by atoms with Crippen LogP contribution in [0.1, 0.15) is 41.4 Å². The van der Waals surface area contributed by atoms with Crippen molar-refractivity contribution < 1.29 is 34.0 Å². The molecule has 2 aliphatic heterocycles. The fraction of sp³-hybridized carbons (Fsp3) is 0.158. The topological polar surface area (TPSA) is 113 Å². The number of hydrogen-bond donors (Lipinski definition) is 1. The Morgan fingerprint density at radius 1 is 0.643 bits per heavy atom. The molecule has 0 unspecified atom stereocenters. The molecule has 142 valence electrons. The molecule has 0 bridgehead atoms. The smallest absolute Gasteiger partial charge is 0.285 e. The standard InChI is InChI=1S/C19H14N2O7/c22-11(9-27-20-16(23)12-5-1-2-6-13(12)17(20)24)10-28-21-18(25)14-7-3-4-8-15(14)19(21)26/h1-8,11,22H,9-10H2. The lowest BCUT2D eigenvalue weighted by molar-refractivity contribution is -0.154. The maximum Gasteiger partial charge on any atom is 0.285 e. The molecular weight excluding hydrogens is 368 g/mol. The maximum absolute atomic E-state index is 12.2. The van der Waals surface area contributed by atoms with Crippen LogP contribution >= 0.6 is 0 Å². The molecule has 0 fully saturated rings. The van der Waals surface area contributed by atoms with Gasteiger partial charge in [-0.3, -0.25) is 28.9 Å². The van der Waals surface area contributed by atoms with Gasteiger partial charge in [0.2, 0.25) is 0 Å². The molecule has 2 aliphatic rings. The van der Waals surface area contributed by atoms with E-state index in [9.17, 15) is 24.3 Å². The van der Waals surface area contributed by atoms with Gasteiger partial charge in [0.15, 0.2) is 0 Å². The van der Waals surface area contributed by atoms with Crippen LogP contribution in [0.5, 0.6) is 0 Å². The summed E-state index contributed by atoms with van der Waals surface area (Å²) in [5, 5.41) is 11.1. The zero-order chi connectivity index (χ0) is 19.8. The van der Waals surface area contributed by atoms with E-state index >= 15 is 0 Å². The van der Waals surface area contributed by atoms with Crippen LogP contribution in [0.2, 0.25) is 0 Å². The SMILES string of the molecule is O=C1c2ccccc2C(=O)N1OCC(O)CON1C(=O)c2ccccc2C1=O. The molecule has 2 aromatic rings. The molecule has 0 saturated heterocycles. The van der Waals surface area contributed by atoms with Crippen LogP contribution in [0, 0.1) is 0 Å². The molecule has 0 radical (unpaired) electrons. The number of fused-ring (bicyclic) bond motifs is 2. The largest absolute Gasteiger partial charge is 0.388 e. The van der Waals surface area contributed by atoms with Crippen molar-refractivity contribution in [3.63, 3.8) is 0 Å². The highest BCUT2D eigenvalue weighted by Crippen LogP contribution is 2.24. The van der Waals surface area contributed by atoms with Crippen molar-refractivity contribution in [1.29, 1.82) is 0 Å². The molecule has 4 rings (SSSR count). The Morgan fingerprint density at radius 2 is 0.929 bits per heavy atom. The maximum atomic E-state index is 12.2. The number of nitrogens with zero attached hydrogens (tertiary/aromatic N) is 2. The number of aliphatic hydroxyl groups excluding tert-OH is 1. The number of carbonyl (C=O) groups excluding carboxylic acids is 4. The van der Waals surface area contributed by atoms with Gasteiger partial charge in [0.1, 0.15) is 19.3 Å². The second-order valence-electron chi connectivity index (χ2n) is 6.15. The predicted octanol–water partition coefficient (Wildman–Crippen LogP) is 0.803. The number of carbonyl (C=O) groups is 4. The molecule has 0 saturated carbocycles. The molecule has 0 spiro atoms. The van der Waals surface area contributed by atoms with Crippen LogP contribution in [-0.4, -0.2) is 58.2 Å². The molecular formula is C19H14N2O7. The van der Waals surface area contributed by atoms with Gasteiger partial charge in [-0.25, -0.2) is 0 Å². The van der Waals surface area contributed by atoms with E-state index in [1.54, 1.807) is 24.3 Å². The number of hydroxylamine groups is 4. The van der Waals surface area contributed by atoms with Crippen molar-refractivity contribution in [2.45, 2.75) is 6.10 Å². The fourth-order valence-electron chi connectivity index (χ4n) is 2.94. The summed E-state index contributed by atoms with van der Waals surface area (Å²) >= 11 is 0. The number of amides is 4. The van der Waals surface area contributed by atoms with E-state index in [2.05, 4.69) is 0 Å². The minimum absolute atomic E-state index is 0.212. The summed E-state index contributed by atoms with van der Waals surface area (Å²) in [4.78, 5) is 58.9. The van der Waals surface area contributed by atoms with Crippen LogP contribution in [0.25, 0.3) is 0 Å². The van der Waals surface area contributed by atoms with Gasteiger partial charge in [-0.15, -0.1) is 10.1 Å². The minimum Gasteiger partial charge on any atom is -0.388 e. The van der Waals surface area contributed by atoms with E-state index in [0.717, 1.165) is 0 Å². The van der Waals surface area contributed by atoms with Crippen molar-refractivity contribution in [3.05, 3.63) is 70.8 Å². The van der Waals surface area contributed by atoms with Crippen molar-refractivity contribution in [2.75, 3.05) is 13.2 Å². The number of benzene rings is 2. The molecule has 4 amide bonds. The zero-order valence-electron chi connectivity index (χ0n) is 14.4. The predicted molar refractivity (Wildman–Crippen MR) is 91.8 cm³/mol. The van der Waals surface area contributed by atoms with Crippen molar-refractivity contribution >= 4 is 23.6 Å². The monoisotopic (exact) mass is 382 g/mol. The lowest BCUT2D eigenvalue weighted by Crippen LogP contribution is -2.37. The molecule has 9 heteroatoms. The quantitative estimate of drug-likeness (QED) is 0.735. The normalized spacial score (nSPS) is 15.6. The van der Waals surface area contributed by atoms with E-state index in [0.29, 0.717) is 10.1 Å². The summed E-state index contributed by atoms with van der Waals surface area (Å²) in [7, 11) is 0. The second-order valence-corrected chi connectivity index (χ2v) is 6.15. The fourth-order valence-corrected chi connectivity index (χ4v) is 2.94. The van der Waals surface area contributed by atoms with Crippen molar-refractivity contribution in [3.8, 4) is 0 Å². The van der Waals surface area contributed by atoms with Gasteiger partial charge in [0, 0.05) is 0 Å². The molecule has 0 atom stereocenters. The minimum atomic E-state index is -1.30. The molecule has 9 nitrogen and oxygen atoms in total. The Bertz CT molecular complexity index is 854. The van der Waals surface area contributed by atoms with E-state index in [1.807, 2.05) is 0 Å². The molecule has 1 N–H and O–H groups in total. The Hall–Kier alpha value is -3.40. The number of imide groups is 2. The Kier molecular flexibility index (Phi) is 4.47. The van der Waals surface area contributed by atoms with Crippen LogP contribution in [0.4, 0.5) is 0 Å². The number of hydrogen-bond acceptors (Lipinski definition) is 7. The highest BCUT2D eigenvalue weighted by Gasteiger charge is 2.38. The van der Waals surface area contributed by atoms with Gasteiger partial charge in [0.05, 0.1) is 22.3 Å². The van der Waals surface area contributed by atoms with Crippen molar-refractivity contribution in [1.82, 2.24) is 10.1 Å². The lowest BCUT2D eigenvalue weighted by Gasteiger charge is -2.18. The van der Waals surface area contributed by atoms with Gasteiger partial charge in [0.25, 0.3) is 23.6 Å². The summed E-state index contributed by atoms with van der Waals surface area (Å²) in [6, 6.07) is 12.5. The van der Waals surface area contributed by atoms with Gasteiger partial charge >= 0.3 is 0 Å². The average Bonchev–Trinajstić information content (AvgIpc) is 3.10. The first-order valence-corrected chi connectivity index (χ1v) is 8.38. The van der Waals surface area contributed by atoms with E-state index in [4.69, 9.17) is 9.68 Å². The summed E-state index contributed by atoms with van der Waals surface area (Å²) in [6.07, 6.45) is -1.30. The van der Waals surface area contributed by atoms with Crippen LogP contribution in [0.3, 0.4) is 0 Å². The third kappa shape index (κ3) is 2.87. The molecule has 2 aromatic carbocycles. The van der Waals surface area contributed by atoms with Crippen LogP contribution in [0.15, 0.2) is 48.5 Å². The third-order valence-corrected chi connectivity index (χ3v) is 4.31. The first-order valence-electron chi connectivity index (χ1n) is 8.38. The van der Waals surface area contributed by atoms with Gasteiger partial charge in [-0.2, -0.15) is 0 Å². The highest BCUT2D eigenvalue weighted by molar-refractivity contribution is 6.21. The third-order valence-electron chi connectivity index (χ3n) is 4.31. The Balaban J connectivity index is 1.32. The molecule has 0 aromatic heterocycles. The van der Waals surface area contributed by atoms with Gasteiger partial charge in [-0.05, 0) is 24.3 Å². The summed E-state index contributed by atoms with van der Waals surface area (Å²) in [5.74, 6) is -2.52. The van der Waals surface area contributed by atoms with Gasteiger partial charge in [-0.1, -0.05) is 24.3 Å². The lowest BCUT2D eigenvalue weighted by atomic mass is 10.1. The zero-order valence-corrected chi connectivity index (χ0v) is 14.4. The van der Waals surface area contributed by atoms with E-state index in [-0.39, 0.29) is 22.3 Å². The summed E-state index contributed by atoms with van der Waals surface area (Å²) < 4.78 is 0. The number of aliphatic hydroxyl groups is 1. The Labute approximate surface area is 158 Å². The highest BCUT2D eigenvalue weighted by atomic mass is 16.7. The molecule has 2 heterocycles. The van der Waals surface area contributed by atoms with Crippen molar-refractivity contribution in [2.24, 2.45) is 0 Å². The summed E-state index contributed by atoms with van der Waals surface area (Å²) in [5.41, 5.74) is 0.849. The second kappa shape index (κ2) is 6.97.